The molecule has 1 nitrogen and oxygen atoms in total. The Hall–Kier alpha value is -0.0400. The molecule has 0 radical (unpaired) electrons. The Labute approximate surface area is 127 Å². The molecule has 1 fully saturated rings. The van der Waals surface area contributed by atoms with Crippen molar-refractivity contribution in [3.05, 3.63) is 0 Å². The summed E-state index contributed by atoms with van der Waals surface area (Å²) in [6.07, 6.45) is 22.3. The molecule has 1 heterocycles. The summed E-state index contributed by atoms with van der Waals surface area (Å²) >= 11 is 0. The van der Waals surface area contributed by atoms with Crippen LogP contribution in [-0.4, -0.2) is 12.2 Å². The first-order valence-corrected chi connectivity index (χ1v) is 9.54. The van der Waals surface area contributed by atoms with Crippen LogP contribution in [0.25, 0.3) is 0 Å². The summed E-state index contributed by atoms with van der Waals surface area (Å²) < 4.78 is 5.79. The van der Waals surface area contributed by atoms with E-state index in [2.05, 4.69) is 13.8 Å². The molecule has 0 unspecified atom stereocenters. The fraction of sp³-hybridized carbons (Fsp3) is 1.00. The van der Waals surface area contributed by atoms with E-state index in [0.717, 1.165) is 0 Å². The number of ether oxygens (including phenoxy) is 1. The number of hydrogen-bond acceptors (Lipinski definition) is 1. The van der Waals surface area contributed by atoms with Gasteiger partial charge in [0.1, 0.15) is 0 Å². The van der Waals surface area contributed by atoms with Gasteiger partial charge in [0, 0.05) is 0 Å². The summed E-state index contributed by atoms with van der Waals surface area (Å²) in [7, 11) is 0. The lowest BCUT2D eigenvalue weighted by Gasteiger charge is -2.00. The fourth-order valence-corrected chi connectivity index (χ4v) is 3.12. The second kappa shape index (κ2) is 12.7. The Morgan fingerprint density at radius 1 is 0.500 bits per heavy atom. The monoisotopic (exact) mass is 282 g/mol. The molecule has 0 N–H and O–H groups in total. The van der Waals surface area contributed by atoms with Gasteiger partial charge in [0.05, 0.1) is 12.2 Å². The topological polar surface area (TPSA) is 12.5 Å². The lowest BCUT2D eigenvalue weighted by atomic mass is 10.0. The van der Waals surface area contributed by atoms with Crippen LogP contribution in [-0.2, 0) is 4.74 Å². The molecule has 1 heteroatoms. The van der Waals surface area contributed by atoms with Crippen LogP contribution in [0.5, 0.6) is 0 Å². The van der Waals surface area contributed by atoms with Crippen LogP contribution >= 0.6 is 0 Å². The third-order valence-corrected chi connectivity index (χ3v) is 4.62. The molecule has 0 spiro atoms. The maximum Gasteiger partial charge on any atom is 0.0841 e. The van der Waals surface area contributed by atoms with Crippen molar-refractivity contribution in [1.29, 1.82) is 0 Å². The molecule has 0 aliphatic carbocycles. The maximum absolute atomic E-state index is 5.79. The van der Waals surface area contributed by atoms with E-state index in [4.69, 9.17) is 4.74 Å². The minimum Gasteiger partial charge on any atom is -0.370 e. The molecular formula is C19H38O. The van der Waals surface area contributed by atoms with Gasteiger partial charge in [0.25, 0.3) is 0 Å². The van der Waals surface area contributed by atoms with E-state index in [1.54, 1.807) is 0 Å². The molecule has 2 atom stereocenters. The molecular weight excluding hydrogens is 244 g/mol. The highest BCUT2D eigenvalue weighted by Gasteiger charge is 2.36. The smallest absolute Gasteiger partial charge is 0.0841 e. The van der Waals surface area contributed by atoms with Crippen molar-refractivity contribution in [3.63, 3.8) is 0 Å². The van der Waals surface area contributed by atoms with Crippen molar-refractivity contribution in [2.45, 2.75) is 122 Å². The van der Waals surface area contributed by atoms with E-state index in [9.17, 15) is 0 Å². The van der Waals surface area contributed by atoms with E-state index in [-0.39, 0.29) is 0 Å². The second-order valence-corrected chi connectivity index (χ2v) is 6.68. The zero-order valence-corrected chi connectivity index (χ0v) is 14.2. The average molecular weight is 283 g/mol. The molecule has 0 aromatic heterocycles. The summed E-state index contributed by atoms with van der Waals surface area (Å²) in [5.74, 6) is 0. The Morgan fingerprint density at radius 2 is 0.850 bits per heavy atom. The predicted molar refractivity (Wildman–Crippen MR) is 89.3 cm³/mol. The third-order valence-electron chi connectivity index (χ3n) is 4.62. The van der Waals surface area contributed by atoms with Gasteiger partial charge in [-0.3, -0.25) is 0 Å². The molecule has 0 aromatic carbocycles. The summed E-state index contributed by atoms with van der Waals surface area (Å²) in [6, 6.07) is 0. The van der Waals surface area contributed by atoms with Gasteiger partial charge >= 0.3 is 0 Å². The standard InChI is InChI=1S/C19H38O/c1-3-5-7-9-11-13-15-17-19-18(20-19)16-14-12-10-8-6-4-2/h18-19H,3-17H2,1-2H3/t18-,19+/m1/s1. The van der Waals surface area contributed by atoms with Crippen LogP contribution in [0.4, 0.5) is 0 Å². The van der Waals surface area contributed by atoms with Gasteiger partial charge in [-0.25, -0.2) is 0 Å². The Bertz CT molecular complexity index is 202. The summed E-state index contributed by atoms with van der Waals surface area (Å²) in [4.78, 5) is 0. The van der Waals surface area contributed by atoms with Gasteiger partial charge < -0.3 is 4.74 Å². The number of unbranched alkanes of at least 4 members (excludes halogenated alkanes) is 11. The first-order chi connectivity index (χ1) is 9.88. The van der Waals surface area contributed by atoms with Crippen molar-refractivity contribution >= 4 is 0 Å². The van der Waals surface area contributed by atoms with Crippen molar-refractivity contribution < 1.29 is 4.74 Å². The minimum atomic E-state index is 0.640. The molecule has 0 aromatic rings. The SMILES string of the molecule is CCCCCCCCC[C@@H]1O[C@@H]1CCCCCCCC. The van der Waals surface area contributed by atoms with Gasteiger partial charge in [-0.2, -0.15) is 0 Å². The minimum absolute atomic E-state index is 0.640. The molecule has 1 saturated heterocycles. The number of rotatable bonds is 15. The Morgan fingerprint density at radius 3 is 1.25 bits per heavy atom. The van der Waals surface area contributed by atoms with Crippen molar-refractivity contribution in [2.24, 2.45) is 0 Å². The van der Waals surface area contributed by atoms with Crippen LogP contribution in [0.15, 0.2) is 0 Å². The van der Waals surface area contributed by atoms with E-state index in [0.29, 0.717) is 12.2 Å². The maximum atomic E-state index is 5.79. The first-order valence-electron chi connectivity index (χ1n) is 9.54. The molecule has 1 rings (SSSR count). The highest BCUT2D eigenvalue weighted by molar-refractivity contribution is 4.84. The lowest BCUT2D eigenvalue weighted by Crippen LogP contribution is -1.94. The van der Waals surface area contributed by atoms with Gasteiger partial charge in [0.2, 0.25) is 0 Å². The molecule has 1 aliphatic heterocycles. The zero-order chi connectivity index (χ0) is 14.5. The number of hydrogen-bond donors (Lipinski definition) is 0. The van der Waals surface area contributed by atoms with Crippen LogP contribution in [0, 0.1) is 0 Å². The van der Waals surface area contributed by atoms with E-state index in [1.165, 1.54) is 96.3 Å². The quantitative estimate of drug-likeness (QED) is 0.242. The highest BCUT2D eigenvalue weighted by atomic mass is 16.6. The normalized spacial score (nSPS) is 21.3. The van der Waals surface area contributed by atoms with Gasteiger partial charge in [-0.05, 0) is 12.8 Å². The third kappa shape index (κ3) is 9.80. The van der Waals surface area contributed by atoms with Crippen LogP contribution < -0.4 is 0 Å². The number of epoxide rings is 1. The Kier molecular flexibility index (Phi) is 11.4. The van der Waals surface area contributed by atoms with Crippen molar-refractivity contribution in [1.82, 2.24) is 0 Å². The summed E-state index contributed by atoms with van der Waals surface area (Å²) in [5, 5.41) is 0. The lowest BCUT2D eigenvalue weighted by molar-refractivity contribution is 0.347. The Balaban J connectivity index is 1.75. The summed E-state index contributed by atoms with van der Waals surface area (Å²) in [5.41, 5.74) is 0. The van der Waals surface area contributed by atoms with Crippen LogP contribution in [0.1, 0.15) is 110 Å². The van der Waals surface area contributed by atoms with E-state index in [1.807, 2.05) is 0 Å². The molecule has 0 amide bonds. The van der Waals surface area contributed by atoms with Gasteiger partial charge in [-0.15, -0.1) is 0 Å². The largest absolute Gasteiger partial charge is 0.370 e. The van der Waals surface area contributed by atoms with E-state index >= 15 is 0 Å². The molecule has 0 saturated carbocycles. The summed E-state index contributed by atoms with van der Waals surface area (Å²) in [6.45, 7) is 4.57. The predicted octanol–water partition coefficient (Wildman–Crippen LogP) is 6.65. The van der Waals surface area contributed by atoms with Crippen molar-refractivity contribution in [3.8, 4) is 0 Å². The molecule has 20 heavy (non-hydrogen) atoms. The fourth-order valence-electron chi connectivity index (χ4n) is 3.12. The van der Waals surface area contributed by atoms with Gasteiger partial charge in [0.15, 0.2) is 0 Å². The van der Waals surface area contributed by atoms with E-state index < -0.39 is 0 Å². The molecule has 0 bridgehead atoms. The van der Waals surface area contributed by atoms with Crippen LogP contribution in [0.3, 0.4) is 0 Å². The molecule has 1 aliphatic rings. The molecule has 120 valence electrons. The highest BCUT2D eigenvalue weighted by Crippen LogP contribution is 2.31. The van der Waals surface area contributed by atoms with Crippen LogP contribution in [0.2, 0.25) is 0 Å². The first kappa shape index (κ1) is 18.0. The van der Waals surface area contributed by atoms with Gasteiger partial charge in [-0.1, -0.05) is 97.3 Å². The average Bonchev–Trinajstić information content (AvgIpc) is 3.20. The zero-order valence-electron chi connectivity index (χ0n) is 14.2. The van der Waals surface area contributed by atoms with Crippen molar-refractivity contribution in [2.75, 3.05) is 0 Å². The second-order valence-electron chi connectivity index (χ2n) is 6.68.